The Morgan fingerprint density at radius 3 is 1.56 bits per heavy atom. The maximum Gasteiger partial charge on any atom is 0.195 e. The highest BCUT2D eigenvalue weighted by Crippen LogP contribution is 2.43. The first-order chi connectivity index (χ1) is 15.5. The SMILES string of the molecule is Cc1ccc(-c2cc3c(=O)c4cc5c(cc4c3s2)c(=O)c2cc(-c3ccc(N)s3)sc25)s1. The number of thiophene rings is 4. The molecule has 154 valence electrons. The van der Waals surface area contributed by atoms with Crippen molar-refractivity contribution in [1.82, 2.24) is 0 Å². The van der Waals surface area contributed by atoms with E-state index in [4.69, 9.17) is 5.73 Å². The van der Waals surface area contributed by atoms with E-state index in [1.807, 2.05) is 36.4 Å². The van der Waals surface area contributed by atoms with Crippen molar-refractivity contribution in [3.63, 3.8) is 0 Å². The van der Waals surface area contributed by atoms with Crippen LogP contribution in [0.2, 0.25) is 0 Å². The Labute approximate surface area is 197 Å². The summed E-state index contributed by atoms with van der Waals surface area (Å²) in [7, 11) is 0. The minimum absolute atomic E-state index is 0.0383. The topological polar surface area (TPSA) is 60.2 Å². The first kappa shape index (κ1) is 18.7. The zero-order chi connectivity index (χ0) is 21.7. The van der Waals surface area contributed by atoms with Gasteiger partial charge in [0.2, 0.25) is 0 Å². The molecule has 0 fully saturated rings. The fourth-order valence-corrected chi connectivity index (χ4v) is 8.63. The molecular weight excluding hydrogens is 475 g/mol. The molecule has 0 saturated heterocycles. The summed E-state index contributed by atoms with van der Waals surface area (Å²) >= 11 is 6.49. The Hall–Kier alpha value is -2.84. The lowest BCUT2D eigenvalue weighted by Crippen LogP contribution is -1.95. The Bertz CT molecular complexity index is 1810. The normalized spacial score (nSPS) is 12.3. The van der Waals surface area contributed by atoms with E-state index in [2.05, 4.69) is 19.1 Å². The van der Waals surface area contributed by atoms with E-state index < -0.39 is 0 Å². The van der Waals surface area contributed by atoms with E-state index in [9.17, 15) is 9.59 Å². The molecule has 4 aromatic heterocycles. The van der Waals surface area contributed by atoms with Crippen LogP contribution in [0.3, 0.4) is 0 Å². The van der Waals surface area contributed by atoms with Gasteiger partial charge in [-0.25, -0.2) is 0 Å². The summed E-state index contributed by atoms with van der Waals surface area (Å²) in [6.45, 7) is 2.09. The lowest BCUT2D eigenvalue weighted by atomic mass is 10.1. The molecule has 7 heteroatoms. The molecule has 7 rings (SSSR count). The van der Waals surface area contributed by atoms with Crippen molar-refractivity contribution in [1.29, 1.82) is 0 Å². The second-order valence-corrected chi connectivity index (χ2v) is 12.4. The van der Waals surface area contributed by atoms with Gasteiger partial charge in [0.25, 0.3) is 0 Å². The average Bonchev–Trinajstić information content (AvgIpc) is 3.58. The fourth-order valence-electron chi connectivity index (χ4n) is 4.46. The first-order valence-electron chi connectivity index (χ1n) is 9.96. The van der Waals surface area contributed by atoms with Crippen LogP contribution in [0, 0.1) is 6.92 Å². The molecule has 0 spiro atoms. The summed E-state index contributed by atoms with van der Waals surface area (Å²) in [5.74, 6) is 0. The Morgan fingerprint density at radius 2 is 1.09 bits per heavy atom. The van der Waals surface area contributed by atoms with Crippen LogP contribution < -0.4 is 16.6 Å². The molecule has 0 radical (unpaired) electrons. The van der Waals surface area contributed by atoms with Gasteiger partial charge in [0.1, 0.15) is 0 Å². The number of nitrogens with two attached hydrogens (primary N) is 1. The van der Waals surface area contributed by atoms with Crippen LogP contribution in [-0.4, -0.2) is 0 Å². The van der Waals surface area contributed by atoms with Crippen molar-refractivity contribution in [2.75, 3.05) is 5.73 Å². The molecule has 0 bridgehead atoms. The third kappa shape index (κ3) is 2.45. The standard InChI is InChI=1S/C25H13NO2S4/c1-10-2-3-17(29-10)19-8-15-22(27)11-7-14-12(6-13(11)24(15)31-19)23(28)16-9-20(32-25(14)16)18-4-5-21(26)30-18/h2-9H,26H2,1H3. The summed E-state index contributed by atoms with van der Waals surface area (Å²) in [6, 6.07) is 15.9. The van der Waals surface area contributed by atoms with Crippen LogP contribution in [0.15, 0.2) is 58.1 Å². The quantitative estimate of drug-likeness (QED) is 0.277. The molecule has 0 unspecified atom stereocenters. The number of benzene rings is 1. The Balaban J connectivity index is 1.50. The Kier molecular flexibility index (Phi) is 3.72. The van der Waals surface area contributed by atoms with Gasteiger partial charge >= 0.3 is 0 Å². The van der Waals surface area contributed by atoms with Crippen LogP contribution in [0.5, 0.6) is 0 Å². The van der Waals surface area contributed by atoms with Gasteiger partial charge in [0.15, 0.2) is 10.9 Å². The minimum atomic E-state index is 0.0383. The van der Waals surface area contributed by atoms with Gasteiger partial charge in [-0.2, -0.15) is 0 Å². The van der Waals surface area contributed by atoms with Gasteiger partial charge in [-0.3, -0.25) is 9.59 Å². The van der Waals surface area contributed by atoms with E-state index in [0.29, 0.717) is 10.8 Å². The summed E-state index contributed by atoms with van der Waals surface area (Å²) in [5.41, 5.74) is 5.98. The third-order valence-electron chi connectivity index (χ3n) is 5.94. The van der Waals surface area contributed by atoms with Crippen LogP contribution in [0.1, 0.15) is 4.88 Å². The molecule has 0 amide bonds. The van der Waals surface area contributed by atoms with Crippen molar-refractivity contribution in [3.8, 4) is 19.5 Å². The van der Waals surface area contributed by atoms with Gasteiger partial charge in [-0.1, -0.05) is 0 Å². The number of aryl methyl sites for hydroxylation is 1. The van der Waals surface area contributed by atoms with Gasteiger partial charge < -0.3 is 5.73 Å². The van der Waals surface area contributed by atoms with Crippen molar-refractivity contribution in [2.24, 2.45) is 0 Å². The van der Waals surface area contributed by atoms with Crippen LogP contribution in [0.25, 0.3) is 61.2 Å². The monoisotopic (exact) mass is 487 g/mol. The molecule has 32 heavy (non-hydrogen) atoms. The van der Waals surface area contributed by atoms with Gasteiger partial charge in [0.05, 0.1) is 5.00 Å². The second kappa shape index (κ2) is 6.36. The number of rotatable bonds is 2. The van der Waals surface area contributed by atoms with E-state index >= 15 is 0 Å². The van der Waals surface area contributed by atoms with Gasteiger partial charge in [-0.15, -0.1) is 45.3 Å². The second-order valence-electron chi connectivity index (χ2n) is 7.92. The molecule has 7 aromatic rings. The predicted octanol–water partition coefficient (Wildman–Crippen LogP) is 7.37. The molecule has 3 aromatic carbocycles. The van der Waals surface area contributed by atoms with E-state index in [0.717, 1.165) is 50.6 Å². The zero-order valence-corrected chi connectivity index (χ0v) is 19.9. The van der Waals surface area contributed by atoms with E-state index in [-0.39, 0.29) is 10.9 Å². The number of anilines is 1. The average molecular weight is 488 g/mol. The van der Waals surface area contributed by atoms with Crippen LogP contribution >= 0.6 is 45.3 Å². The predicted molar refractivity (Wildman–Crippen MR) is 143 cm³/mol. The molecule has 0 aliphatic carbocycles. The van der Waals surface area contributed by atoms with E-state index in [1.54, 1.807) is 34.0 Å². The lowest BCUT2D eigenvalue weighted by Gasteiger charge is -1.94. The lowest BCUT2D eigenvalue weighted by molar-refractivity contribution is 1.64. The maximum atomic E-state index is 13.3. The van der Waals surface area contributed by atoms with Crippen molar-refractivity contribution < 1.29 is 0 Å². The Morgan fingerprint density at radius 1 is 0.562 bits per heavy atom. The number of hydrogen-bond acceptors (Lipinski definition) is 7. The molecule has 0 aliphatic heterocycles. The summed E-state index contributed by atoms with van der Waals surface area (Å²) in [4.78, 5) is 32.2. The van der Waals surface area contributed by atoms with Crippen molar-refractivity contribution >= 4 is 92.1 Å². The minimum Gasteiger partial charge on any atom is -0.391 e. The van der Waals surface area contributed by atoms with Crippen molar-refractivity contribution in [2.45, 2.75) is 6.92 Å². The summed E-state index contributed by atoms with van der Waals surface area (Å²) < 4.78 is 1.93. The number of fused-ring (bicyclic) bond motifs is 6. The molecule has 0 atom stereocenters. The van der Waals surface area contributed by atoms with Crippen LogP contribution in [-0.2, 0) is 0 Å². The molecule has 2 N–H and O–H groups in total. The molecule has 3 nitrogen and oxygen atoms in total. The van der Waals surface area contributed by atoms with Crippen molar-refractivity contribution in [3.05, 3.63) is 73.9 Å². The molecular formula is C25H13NO2S4. The number of hydrogen-bond donors (Lipinski definition) is 1. The van der Waals surface area contributed by atoms with Gasteiger partial charge in [0, 0.05) is 66.1 Å². The smallest absolute Gasteiger partial charge is 0.195 e. The first-order valence-corrected chi connectivity index (χ1v) is 13.2. The van der Waals surface area contributed by atoms with Crippen LogP contribution in [0.4, 0.5) is 5.00 Å². The highest BCUT2D eigenvalue weighted by molar-refractivity contribution is 7.28. The van der Waals surface area contributed by atoms with Gasteiger partial charge in [-0.05, 0) is 55.5 Å². The third-order valence-corrected chi connectivity index (χ3v) is 10.6. The maximum absolute atomic E-state index is 13.3. The van der Waals surface area contributed by atoms with E-state index in [1.165, 1.54) is 21.1 Å². The summed E-state index contributed by atoms with van der Waals surface area (Å²) in [5, 5.41) is 5.41. The highest BCUT2D eigenvalue weighted by Gasteiger charge is 2.21. The highest BCUT2D eigenvalue weighted by atomic mass is 32.1. The molecule has 0 aliphatic rings. The number of nitrogen functional groups attached to an aromatic ring is 1. The fraction of sp³-hybridized carbons (Fsp3) is 0.0400. The zero-order valence-electron chi connectivity index (χ0n) is 16.6. The molecule has 4 heterocycles. The largest absolute Gasteiger partial charge is 0.391 e. The molecule has 0 saturated carbocycles. The summed E-state index contributed by atoms with van der Waals surface area (Å²) in [6.07, 6.45) is 0.